The number of hydrogen-bond donors (Lipinski definition) is 1. The number of carbonyl (C=O) groups is 1. The van der Waals surface area contributed by atoms with Gasteiger partial charge < -0.3 is 24.1 Å². The number of likely N-dealkylation sites (tertiary alicyclic amines) is 1. The Hall–Kier alpha value is -4.14. The van der Waals surface area contributed by atoms with Gasteiger partial charge in [-0.1, -0.05) is 6.07 Å². The van der Waals surface area contributed by atoms with Crippen LogP contribution in [0.1, 0.15) is 24.8 Å². The van der Waals surface area contributed by atoms with Crippen LogP contribution in [0, 0.1) is 11.6 Å². The number of nitrogens with one attached hydrogen (secondary N) is 1. The van der Waals surface area contributed by atoms with Crippen molar-refractivity contribution in [3.63, 3.8) is 0 Å². The minimum atomic E-state index is -0.652. The van der Waals surface area contributed by atoms with Crippen molar-refractivity contribution in [1.29, 1.82) is 0 Å². The van der Waals surface area contributed by atoms with E-state index in [4.69, 9.17) is 13.9 Å². The molecule has 35 heavy (non-hydrogen) atoms. The zero-order valence-corrected chi connectivity index (χ0v) is 19.2. The summed E-state index contributed by atoms with van der Waals surface area (Å²) in [4.78, 5) is 19.4. The SMILES string of the molecule is COc1ccc(NC(=O)N2CCC[C@H]2c2nc3cc(-c4ccc(F)cc4F)ccc3o2)c(OC)c1. The second kappa shape index (κ2) is 9.25. The van der Waals surface area contributed by atoms with Gasteiger partial charge in [0.05, 0.1) is 19.9 Å². The number of aromatic nitrogens is 1. The largest absolute Gasteiger partial charge is 0.497 e. The molecule has 9 heteroatoms. The first-order chi connectivity index (χ1) is 17.0. The predicted molar refractivity (Wildman–Crippen MR) is 127 cm³/mol. The maximum atomic E-state index is 14.3. The normalized spacial score (nSPS) is 15.4. The lowest BCUT2D eigenvalue weighted by atomic mass is 10.0. The van der Waals surface area contributed by atoms with E-state index in [2.05, 4.69) is 10.3 Å². The fourth-order valence-electron chi connectivity index (χ4n) is 4.33. The first-order valence-electron chi connectivity index (χ1n) is 11.1. The van der Waals surface area contributed by atoms with Gasteiger partial charge in [-0.2, -0.15) is 0 Å². The van der Waals surface area contributed by atoms with Gasteiger partial charge in [0.1, 0.15) is 34.7 Å². The topological polar surface area (TPSA) is 76.8 Å². The van der Waals surface area contributed by atoms with Crippen LogP contribution < -0.4 is 14.8 Å². The lowest BCUT2D eigenvalue weighted by Crippen LogP contribution is -2.34. The van der Waals surface area contributed by atoms with Crippen molar-refractivity contribution >= 4 is 22.8 Å². The van der Waals surface area contributed by atoms with Crippen molar-refractivity contribution in [2.24, 2.45) is 0 Å². The van der Waals surface area contributed by atoms with Crippen LogP contribution in [-0.4, -0.2) is 36.7 Å². The van der Waals surface area contributed by atoms with Crippen LogP contribution in [0.2, 0.25) is 0 Å². The van der Waals surface area contributed by atoms with E-state index < -0.39 is 11.6 Å². The van der Waals surface area contributed by atoms with E-state index in [1.54, 1.807) is 48.4 Å². The molecule has 2 heterocycles. The summed E-state index contributed by atoms with van der Waals surface area (Å²) in [6.07, 6.45) is 1.49. The Bertz CT molecular complexity index is 1400. The van der Waals surface area contributed by atoms with Gasteiger partial charge in [0.2, 0.25) is 5.89 Å². The van der Waals surface area contributed by atoms with E-state index in [-0.39, 0.29) is 17.6 Å². The minimum absolute atomic E-state index is 0.271. The second-order valence-electron chi connectivity index (χ2n) is 8.21. The molecule has 2 amide bonds. The van der Waals surface area contributed by atoms with E-state index in [0.29, 0.717) is 52.7 Å². The quantitative estimate of drug-likeness (QED) is 0.371. The van der Waals surface area contributed by atoms with E-state index in [1.807, 2.05) is 0 Å². The van der Waals surface area contributed by atoms with Gasteiger partial charge in [0.25, 0.3) is 0 Å². The highest BCUT2D eigenvalue weighted by molar-refractivity contribution is 5.91. The van der Waals surface area contributed by atoms with Crippen LogP contribution >= 0.6 is 0 Å². The summed E-state index contributed by atoms with van der Waals surface area (Å²) in [6.45, 7) is 0.541. The number of halogens is 2. The summed E-state index contributed by atoms with van der Waals surface area (Å²) >= 11 is 0. The van der Waals surface area contributed by atoms with Crippen molar-refractivity contribution in [1.82, 2.24) is 9.88 Å². The number of amides is 2. The van der Waals surface area contributed by atoms with Gasteiger partial charge in [-0.05, 0) is 54.8 Å². The number of anilines is 1. The van der Waals surface area contributed by atoms with E-state index in [9.17, 15) is 13.6 Å². The van der Waals surface area contributed by atoms with Crippen molar-refractivity contribution in [3.05, 3.63) is 72.1 Å². The summed E-state index contributed by atoms with van der Waals surface area (Å²) in [5.74, 6) is 0.218. The molecular weight excluding hydrogens is 456 g/mol. The van der Waals surface area contributed by atoms with Crippen LogP contribution in [0.25, 0.3) is 22.2 Å². The smallest absolute Gasteiger partial charge is 0.322 e. The first kappa shape index (κ1) is 22.6. The summed E-state index contributed by atoms with van der Waals surface area (Å²) in [5.41, 5.74) is 2.41. The van der Waals surface area contributed by atoms with Crippen LogP contribution in [-0.2, 0) is 0 Å². The number of oxazole rings is 1. The summed E-state index contributed by atoms with van der Waals surface area (Å²) in [7, 11) is 3.08. The molecule has 1 aliphatic rings. The summed E-state index contributed by atoms with van der Waals surface area (Å²) in [5, 5.41) is 2.89. The molecule has 4 aromatic rings. The third kappa shape index (κ3) is 4.37. The Morgan fingerprint density at radius 2 is 1.94 bits per heavy atom. The molecule has 1 aromatic heterocycles. The van der Waals surface area contributed by atoms with Crippen molar-refractivity contribution in [2.45, 2.75) is 18.9 Å². The molecule has 1 aliphatic heterocycles. The maximum absolute atomic E-state index is 14.3. The number of hydrogen-bond acceptors (Lipinski definition) is 5. The summed E-state index contributed by atoms with van der Waals surface area (Å²) < 4.78 is 44.1. The molecule has 1 fully saturated rings. The second-order valence-corrected chi connectivity index (χ2v) is 8.21. The average molecular weight is 479 g/mol. The highest BCUT2D eigenvalue weighted by Gasteiger charge is 2.34. The number of benzene rings is 3. The third-order valence-corrected chi connectivity index (χ3v) is 6.10. The molecule has 0 unspecified atom stereocenters. The molecule has 0 saturated carbocycles. The van der Waals surface area contributed by atoms with Crippen LogP contribution in [0.3, 0.4) is 0 Å². The number of fused-ring (bicyclic) bond motifs is 1. The maximum Gasteiger partial charge on any atom is 0.322 e. The lowest BCUT2D eigenvalue weighted by Gasteiger charge is -2.23. The number of carbonyl (C=O) groups excluding carboxylic acids is 1. The number of methoxy groups -OCH3 is 2. The fourth-order valence-corrected chi connectivity index (χ4v) is 4.33. The minimum Gasteiger partial charge on any atom is -0.497 e. The molecule has 5 rings (SSSR count). The van der Waals surface area contributed by atoms with Gasteiger partial charge >= 0.3 is 6.03 Å². The third-order valence-electron chi connectivity index (χ3n) is 6.10. The van der Waals surface area contributed by atoms with E-state index in [0.717, 1.165) is 12.5 Å². The molecule has 180 valence electrons. The number of nitrogens with zero attached hydrogens (tertiary/aromatic N) is 2. The number of ether oxygens (including phenoxy) is 2. The fraction of sp³-hybridized carbons (Fsp3) is 0.231. The van der Waals surface area contributed by atoms with Crippen LogP contribution in [0.4, 0.5) is 19.3 Å². The molecule has 1 atom stereocenters. The Balaban J connectivity index is 1.39. The Morgan fingerprint density at radius 1 is 1.09 bits per heavy atom. The van der Waals surface area contributed by atoms with Gasteiger partial charge in [-0.15, -0.1) is 0 Å². The van der Waals surface area contributed by atoms with Gasteiger partial charge in [0.15, 0.2) is 5.58 Å². The number of rotatable bonds is 5. The highest BCUT2D eigenvalue weighted by atomic mass is 19.1. The Labute approximate surface area is 200 Å². The Kier molecular flexibility index (Phi) is 5.98. The first-order valence-corrected chi connectivity index (χ1v) is 11.1. The van der Waals surface area contributed by atoms with Crippen LogP contribution in [0.5, 0.6) is 11.5 Å². The van der Waals surface area contributed by atoms with Crippen LogP contribution in [0.15, 0.2) is 59.0 Å². The molecule has 1 N–H and O–H groups in total. The van der Waals surface area contributed by atoms with E-state index in [1.165, 1.54) is 19.2 Å². The predicted octanol–water partition coefficient (Wildman–Crippen LogP) is 6.16. The van der Waals surface area contributed by atoms with Crippen molar-refractivity contribution < 1.29 is 27.5 Å². The molecule has 3 aromatic carbocycles. The zero-order valence-electron chi connectivity index (χ0n) is 19.2. The molecule has 0 bridgehead atoms. The molecule has 0 radical (unpaired) electrons. The molecule has 0 spiro atoms. The van der Waals surface area contributed by atoms with Crippen molar-refractivity contribution in [2.75, 3.05) is 26.1 Å². The van der Waals surface area contributed by atoms with Gasteiger partial charge in [0, 0.05) is 24.2 Å². The van der Waals surface area contributed by atoms with Gasteiger partial charge in [-0.3, -0.25) is 0 Å². The highest BCUT2D eigenvalue weighted by Crippen LogP contribution is 2.36. The number of urea groups is 1. The lowest BCUT2D eigenvalue weighted by molar-refractivity contribution is 0.198. The molecule has 0 aliphatic carbocycles. The zero-order chi connectivity index (χ0) is 24.5. The molecular formula is C26H23F2N3O4. The van der Waals surface area contributed by atoms with Gasteiger partial charge in [-0.25, -0.2) is 18.6 Å². The average Bonchev–Trinajstić information content (AvgIpc) is 3.51. The monoisotopic (exact) mass is 479 g/mol. The molecule has 1 saturated heterocycles. The van der Waals surface area contributed by atoms with Crippen molar-refractivity contribution in [3.8, 4) is 22.6 Å². The van der Waals surface area contributed by atoms with E-state index >= 15 is 0 Å². The molecule has 7 nitrogen and oxygen atoms in total. The Morgan fingerprint density at radius 3 is 2.71 bits per heavy atom. The standard InChI is InChI=1S/C26H23F2N3O4/c1-33-17-7-9-20(24(14-17)34-2)30-26(32)31-11-3-4-22(31)25-29-21-12-15(5-10-23(21)35-25)18-8-6-16(27)13-19(18)28/h5-10,12-14,22H,3-4,11H2,1-2H3,(H,30,32)/t22-/m0/s1. The summed E-state index contributed by atoms with van der Waals surface area (Å²) in [6, 6.07) is 13.0.